The Morgan fingerprint density at radius 1 is 1.19 bits per heavy atom. The zero-order valence-electron chi connectivity index (χ0n) is 10.8. The Kier molecular flexibility index (Phi) is 5.26. The molecule has 0 radical (unpaired) electrons. The van der Waals surface area contributed by atoms with Gasteiger partial charge in [0.2, 0.25) is 5.91 Å². The fraction of sp³-hybridized carbons (Fsp3) is 0.923. The predicted octanol–water partition coefficient (Wildman–Crippen LogP) is 2.05. The second-order valence-corrected chi connectivity index (χ2v) is 5.47. The van der Waals surface area contributed by atoms with Crippen LogP contribution in [0.25, 0.3) is 0 Å². The molecule has 1 aliphatic rings. The second kappa shape index (κ2) is 6.24. The Labute approximate surface area is 99.2 Å². The first-order valence-corrected chi connectivity index (χ1v) is 6.58. The number of carbonyl (C=O) groups is 1. The van der Waals surface area contributed by atoms with Gasteiger partial charge in [-0.05, 0) is 31.6 Å². The molecule has 2 atom stereocenters. The van der Waals surface area contributed by atoms with Gasteiger partial charge in [-0.2, -0.15) is 0 Å². The van der Waals surface area contributed by atoms with Crippen LogP contribution in [0.1, 0.15) is 52.9 Å². The van der Waals surface area contributed by atoms with Gasteiger partial charge in [0, 0.05) is 6.04 Å². The zero-order chi connectivity index (χ0) is 12.1. The highest BCUT2D eigenvalue weighted by Crippen LogP contribution is 2.26. The highest BCUT2D eigenvalue weighted by molar-refractivity contribution is 5.81. The van der Waals surface area contributed by atoms with Crippen LogP contribution < -0.4 is 11.1 Å². The molecule has 94 valence electrons. The maximum atomic E-state index is 11.8. The van der Waals surface area contributed by atoms with Gasteiger partial charge >= 0.3 is 0 Å². The van der Waals surface area contributed by atoms with Crippen molar-refractivity contribution in [2.45, 2.75) is 65.0 Å². The van der Waals surface area contributed by atoms with E-state index in [1.165, 1.54) is 32.1 Å². The number of nitrogens with one attached hydrogen (secondary N) is 1. The van der Waals surface area contributed by atoms with E-state index in [0.29, 0.717) is 5.92 Å². The molecular weight excluding hydrogens is 200 g/mol. The van der Waals surface area contributed by atoms with Crippen LogP contribution in [0.4, 0.5) is 0 Å². The normalized spacial score (nSPS) is 21.8. The molecule has 0 aromatic heterocycles. The summed E-state index contributed by atoms with van der Waals surface area (Å²) in [7, 11) is 0. The molecule has 16 heavy (non-hydrogen) atoms. The van der Waals surface area contributed by atoms with Crippen LogP contribution >= 0.6 is 0 Å². The van der Waals surface area contributed by atoms with E-state index < -0.39 is 0 Å². The van der Waals surface area contributed by atoms with Crippen molar-refractivity contribution < 1.29 is 4.79 Å². The van der Waals surface area contributed by atoms with E-state index in [-0.39, 0.29) is 23.9 Å². The van der Waals surface area contributed by atoms with E-state index in [0.717, 1.165) is 0 Å². The molecule has 0 aliphatic heterocycles. The summed E-state index contributed by atoms with van der Waals surface area (Å²) < 4.78 is 0. The van der Waals surface area contributed by atoms with Gasteiger partial charge in [0.25, 0.3) is 0 Å². The van der Waals surface area contributed by atoms with E-state index in [2.05, 4.69) is 12.2 Å². The van der Waals surface area contributed by atoms with Crippen molar-refractivity contribution in [2.75, 3.05) is 0 Å². The van der Waals surface area contributed by atoms with Crippen LogP contribution in [0, 0.1) is 11.8 Å². The molecule has 1 unspecified atom stereocenters. The Balaban J connectivity index is 2.37. The maximum Gasteiger partial charge on any atom is 0.237 e. The van der Waals surface area contributed by atoms with Gasteiger partial charge in [0.05, 0.1) is 6.04 Å². The summed E-state index contributed by atoms with van der Waals surface area (Å²) in [4.78, 5) is 11.8. The standard InChI is InChI=1S/C13H26N2O/c1-9(2)12(14)13(16)15-10(3)11-7-5-4-6-8-11/h9-12H,4-8,14H2,1-3H3,(H,15,16)/t10-,12?/m1/s1. The van der Waals surface area contributed by atoms with Crippen LogP contribution in [0.5, 0.6) is 0 Å². The molecule has 0 aromatic carbocycles. The summed E-state index contributed by atoms with van der Waals surface area (Å²) in [5, 5.41) is 3.07. The van der Waals surface area contributed by atoms with Gasteiger partial charge in [0.15, 0.2) is 0 Å². The van der Waals surface area contributed by atoms with Crippen LogP contribution in [-0.4, -0.2) is 18.0 Å². The number of rotatable bonds is 4. The average molecular weight is 226 g/mol. The third-order valence-corrected chi connectivity index (χ3v) is 3.75. The van der Waals surface area contributed by atoms with Crippen molar-refractivity contribution >= 4 is 5.91 Å². The van der Waals surface area contributed by atoms with Gasteiger partial charge in [-0.1, -0.05) is 33.1 Å². The van der Waals surface area contributed by atoms with E-state index >= 15 is 0 Å². The summed E-state index contributed by atoms with van der Waals surface area (Å²) in [6.07, 6.45) is 6.46. The van der Waals surface area contributed by atoms with Crippen molar-refractivity contribution in [1.29, 1.82) is 0 Å². The molecular formula is C13H26N2O. The Hall–Kier alpha value is -0.570. The lowest BCUT2D eigenvalue weighted by Gasteiger charge is -2.29. The minimum Gasteiger partial charge on any atom is -0.352 e. The van der Waals surface area contributed by atoms with Crippen molar-refractivity contribution in [3.8, 4) is 0 Å². The molecule has 1 rings (SSSR count). The SMILES string of the molecule is CC(C)C(N)C(=O)N[C@H](C)C1CCCCC1. The van der Waals surface area contributed by atoms with Crippen LogP contribution in [-0.2, 0) is 4.79 Å². The molecule has 0 spiro atoms. The molecule has 1 saturated carbocycles. The minimum atomic E-state index is -0.369. The minimum absolute atomic E-state index is 0.00748. The lowest BCUT2D eigenvalue weighted by Crippen LogP contribution is -2.49. The zero-order valence-corrected chi connectivity index (χ0v) is 10.8. The largest absolute Gasteiger partial charge is 0.352 e. The highest BCUT2D eigenvalue weighted by Gasteiger charge is 2.24. The monoisotopic (exact) mass is 226 g/mol. The summed E-state index contributed by atoms with van der Waals surface area (Å²) in [6, 6.07) is -0.0939. The second-order valence-electron chi connectivity index (χ2n) is 5.47. The van der Waals surface area contributed by atoms with Crippen molar-refractivity contribution in [3.63, 3.8) is 0 Å². The summed E-state index contributed by atoms with van der Waals surface area (Å²) in [6.45, 7) is 6.08. The van der Waals surface area contributed by atoms with Gasteiger partial charge in [-0.3, -0.25) is 4.79 Å². The highest BCUT2D eigenvalue weighted by atomic mass is 16.2. The van der Waals surface area contributed by atoms with Gasteiger partial charge in [-0.15, -0.1) is 0 Å². The van der Waals surface area contributed by atoms with Crippen molar-refractivity contribution in [3.05, 3.63) is 0 Å². The molecule has 3 N–H and O–H groups in total. The number of carbonyl (C=O) groups excluding carboxylic acids is 1. The Morgan fingerprint density at radius 2 is 1.75 bits per heavy atom. The Bertz CT molecular complexity index is 222. The van der Waals surface area contributed by atoms with E-state index in [1.807, 2.05) is 13.8 Å². The Morgan fingerprint density at radius 3 is 2.25 bits per heavy atom. The predicted molar refractivity (Wildman–Crippen MR) is 67.0 cm³/mol. The van der Waals surface area contributed by atoms with Gasteiger partial charge in [0.1, 0.15) is 0 Å². The molecule has 0 heterocycles. The number of hydrogen-bond acceptors (Lipinski definition) is 2. The van der Waals surface area contributed by atoms with Crippen LogP contribution in [0.3, 0.4) is 0 Å². The van der Waals surface area contributed by atoms with E-state index in [1.54, 1.807) is 0 Å². The lowest BCUT2D eigenvalue weighted by molar-refractivity contribution is -0.124. The summed E-state index contributed by atoms with van der Waals surface area (Å²) >= 11 is 0. The third kappa shape index (κ3) is 3.78. The molecule has 0 bridgehead atoms. The fourth-order valence-electron chi connectivity index (χ4n) is 2.38. The summed E-state index contributed by atoms with van der Waals surface area (Å²) in [5.74, 6) is 0.865. The van der Waals surface area contributed by atoms with E-state index in [9.17, 15) is 4.79 Å². The first-order valence-electron chi connectivity index (χ1n) is 6.58. The molecule has 1 fully saturated rings. The summed E-state index contributed by atoms with van der Waals surface area (Å²) in [5.41, 5.74) is 5.83. The van der Waals surface area contributed by atoms with Gasteiger partial charge in [-0.25, -0.2) is 0 Å². The fourth-order valence-corrected chi connectivity index (χ4v) is 2.38. The smallest absolute Gasteiger partial charge is 0.237 e. The maximum absolute atomic E-state index is 11.8. The number of amides is 1. The third-order valence-electron chi connectivity index (χ3n) is 3.75. The first kappa shape index (κ1) is 13.5. The molecule has 3 nitrogen and oxygen atoms in total. The quantitative estimate of drug-likeness (QED) is 0.771. The average Bonchev–Trinajstić information content (AvgIpc) is 2.28. The lowest BCUT2D eigenvalue weighted by atomic mass is 9.84. The molecule has 3 heteroatoms. The van der Waals surface area contributed by atoms with E-state index in [4.69, 9.17) is 5.73 Å². The van der Waals surface area contributed by atoms with Crippen molar-refractivity contribution in [2.24, 2.45) is 17.6 Å². The first-order chi connectivity index (χ1) is 7.52. The topological polar surface area (TPSA) is 55.1 Å². The number of nitrogens with two attached hydrogens (primary N) is 1. The molecule has 0 aromatic rings. The van der Waals surface area contributed by atoms with Gasteiger partial charge < -0.3 is 11.1 Å². The molecule has 1 aliphatic carbocycles. The van der Waals surface area contributed by atoms with Crippen LogP contribution in [0.2, 0.25) is 0 Å². The molecule has 0 saturated heterocycles. The van der Waals surface area contributed by atoms with Crippen LogP contribution in [0.15, 0.2) is 0 Å². The van der Waals surface area contributed by atoms with Crippen molar-refractivity contribution in [1.82, 2.24) is 5.32 Å². The molecule has 1 amide bonds. The number of hydrogen-bond donors (Lipinski definition) is 2.